The van der Waals surface area contributed by atoms with Crippen molar-refractivity contribution in [1.29, 1.82) is 0 Å². The first kappa shape index (κ1) is 25.9. The summed E-state index contributed by atoms with van der Waals surface area (Å²) in [5.41, 5.74) is 1.50. The van der Waals surface area contributed by atoms with Gasteiger partial charge in [0.15, 0.2) is 5.60 Å². The number of nitrogens with zero attached hydrogens (tertiary/aromatic N) is 4. The Bertz CT molecular complexity index is 1340. The molecule has 0 spiro atoms. The van der Waals surface area contributed by atoms with Crippen LogP contribution < -0.4 is 4.74 Å². The number of aryl methyl sites for hydroxylation is 1. The van der Waals surface area contributed by atoms with E-state index in [-0.39, 0.29) is 0 Å². The van der Waals surface area contributed by atoms with Gasteiger partial charge in [-0.3, -0.25) is 9.69 Å². The number of rotatable bonds is 10. The largest absolute Gasteiger partial charge is 0.478 e. The van der Waals surface area contributed by atoms with Crippen LogP contribution in [-0.2, 0) is 24.4 Å². The third kappa shape index (κ3) is 6.51. The second-order valence-corrected chi connectivity index (χ2v) is 10.7. The maximum atomic E-state index is 11.7. The van der Waals surface area contributed by atoms with Gasteiger partial charge in [0.2, 0.25) is 5.89 Å². The lowest BCUT2D eigenvalue weighted by Gasteiger charge is -2.23. The molecule has 10 heteroatoms. The molecule has 0 saturated carbocycles. The molecule has 0 aliphatic heterocycles. The van der Waals surface area contributed by atoms with Crippen LogP contribution >= 0.6 is 27.3 Å². The number of thiazole rings is 1. The van der Waals surface area contributed by atoms with Gasteiger partial charge in [0.1, 0.15) is 16.5 Å². The molecular formula is C26H25BrN4O4S. The lowest BCUT2D eigenvalue weighted by molar-refractivity contribution is -0.130. The third-order valence-electron chi connectivity index (χ3n) is 5.48. The van der Waals surface area contributed by atoms with Crippen LogP contribution in [0.1, 0.15) is 35.9 Å². The van der Waals surface area contributed by atoms with E-state index in [1.54, 1.807) is 29.7 Å². The predicted octanol–water partition coefficient (Wildman–Crippen LogP) is 6.52. The van der Waals surface area contributed by atoms with Gasteiger partial charge in [0.25, 0.3) is 0 Å². The predicted molar refractivity (Wildman–Crippen MR) is 141 cm³/mol. The average molecular weight is 569 g/mol. The molecule has 0 N–H and O–H groups in total. The smallest absolute Gasteiger partial charge is 0.328 e. The Morgan fingerprint density at radius 3 is 2.61 bits per heavy atom. The molecule has 0 atom stereocenters. The van der Waals surface area contributed by atoms with Crippen molar-refractivity contribution < 1.29 is 13.9 Å². The summed E-state index contributed by atoms with van der Waals surface area (Å²) in [6.45, 7) is 6.83. The second-order valence-electron chi connectivity index (χ2n) is 8.76. The molecule has 0 bridgehead atoms. The molecule has 0 aliphatic rings. The van der Waals surface area contributed by atoms with Crippen LogP contribution in [0.25, 0.3) is 11.5 Å². The van der Waals surface area contributed by atoms with Gasteiger partial charge in [0.05, 0.1) is 12.2 Å². The zero-order chi connectivity index (χ0) is 25.7. The van der Waals surface area contributed by atoms with E-state index in [1.165, 1.54) is 13.8 Å². The van der Waals surface area contributed by atoms with E-state index >= 15 is 0 Å². The number of hydrogen-bond acceptors (Lipinski definition) is 8. The maximum absolute atomic E-state index is 11.7. The van der Waals surface area contributed by atoms with Gasteiger partial charge >= 0.3 is 5.91 Å². The van der Waals surface area contributed by atoms with E-state index in [4.69, 9.17) is 14.1 Å². The minimum atomic E-state index is -1.32. The van der Waals surface area contributed by atoms with E-state index in [0.717, 1.165) is 32.1 Å². The van der Waals surface area contributed by atoms with Gasteiger partial charge in [-0.15, -0.1) is 16.2 Å². The highest BCUT2D eigenvalue weighted by Gasteiger charge is 2.31. The second kappa shape index (κ2) is 11.2. The van der Waals surface area contributed by atoms with Crippen molar-refractivity contribution in [3.63, 3.8) is 0 Å². The fourth-order valence-corrected chi connectivity index (χ4v) is 4.65. The number of benzene rings is 2. The van der Waals surface area contributed by atoms with Crippen molar-refractivity contribution in [2.75, 3.05) is 0 Å². The van der Waals surface area contributed by atoms with Crippen LogP contribution in [0.3, 0.4) is 0 Å². The summed E-state index contributed by atoms with van der Waals surface area (Å²) in [6.07, 6.45) is 1.80. The highest BCUT2D eigenvalue weighted by Crippen LogP contribution is 2.26. The maximum Gasteiger partial charge on any atom is 0.328 e. The molecule has 2 heterocycles. The quantitative estimate of drug-likeness (QED) is 0.201. The number of carbonyl (C=O) groups is 1. The van der Waals surface area contributed by atoms with E-state index in [1.807, 2.05) is 48.7 Å². The van der Waals surface area contributed by atoms with Crippen LogP contribution in [0.2, 0.25) is 0 Å². The summed E-state index contributed by atoms with van der Waals surface area (Å²) in [5.74, 6) is 0.986. The zero-order valence-electron chi connectivity index (χ0n) is 20.1. The topological polar surface area (TPSA) is 97.9 Å². The lowest BCUT2D eigenvalue weighted by atomic mass is 10.1. The first-order chi connectivity index (χ1) is 17.2. The number of oxazole rings is 1. The molecule has 0 radical (unpaired) electrons. The average Bonchev–Trinajstić information content (AvgIpc) is 3.49. The first-order valence-corrected chi connectivity index (χ1v) is 12.9. The third-order valence-corrected chi connectivity index (χ3v) is 6.74. The van der Waals surface area contributed by atoms with Crippen LogP contribution in [0.4, 0.5) is 0 Å². The highest BCUT2D eigenvalue weighted by atomic mass is 79.9. The normalized spacial score (nSPS) is 11.6. The number of halogens is 1. The molecule has 2 aromatic heterocycles. The number of carbonyl (C=O) groups excluding carboxylic acids is 1. The van der Waals surface area contributed by atoms with Crippen molar-refractivity contribution in [3.8, 4) is 17.2 Å². The number of ether oxygens (including phenoxy) is 1. The Hall–Kier alpha value is -3.21. The Balaban J connectivity index is 1.51. The monoisotopic (exact) mass is 568 g/mol. The summed E-state index contributed by atoms with van der Waals surface area (Å²) in [4.78, 5) is 33.8. The SMILES string of the molecule is Cc1oc(-c2cccc(Br)c2)nc1CN(Cc1ccc(OC(C)(C)C(=O)N=O)cc1)Cc1nccs1. The molecule has 4 rings (SSSR count). The summed E-state index contributed by atoms with van der Waals surface area (Å²) in [6, 6.07) is 15.3. The molecule has 1 amide bonds. The van der Waals surface area contributed by atoms with Crippen LogP contribution in [0.5, 0.6) is 5.75 Å². The molecule has 186 valence electrons. The summed E-state index contributed by atoms with van der Waals surface area (Å²) in [7, 11) is 0. The zero-order valence-corrected chi connectivity index (χ0v) is 22.5. The Kier molecular flexibility index (Phi) is 8.07. The van der Waals surface area contributed by atoms with Crippen molar-refractivity contribution in [1.82, 2.24) is 14.9 Å². The van der Waals surface area contributed by atoms with E-state index in [2.05, 4.69) is 31.0 Å². The molecule has 0 aliphatic carbocycles. The van der Waals surface area contributed by atoms with Gasteiger partial charge < -0.3 is 9.15 Å². The van der Waals surface area contributed by atoms with Crippen LogP contribution in [0.15, 0.2) is 74.2 Å². The van der Waals surface area contributed by atoms with Gasteiger partial charge in [-0.25, -0.2) is 9.97 Å². The van der Waals surface area contributed by atoms with Crippen molar-refractivity contribution in [2.45, 2.75) is 46.0 Å². The first-order valence-electron chi connectivity index (χ1n) is 11.2. The molecule has 36 heavy (non-hydrogen) atoms. The number of amides is 1. The highest BCUT2D eigenvalue weighted by molar-refractivity contribution is 9.10. The molecular weight excluding hydrogens is 544 g/mol. The minimum Gasteiger partial charge on any atom is -0.478 e. The van der Waals surface area contributed by atoms with Gasteiger partial charge in [-0.2, -0.15) is 0 Å². The Labute approximate surface area is 221 Å². The fourth-order valence-electron chi connectivity index (χ4n) is 3.59. The molecule has 0 saturated heterocycles. The summed E-state index contributed by atoms with van der Waals surface area (Å²) >= 11 is 5.11. The summed E-state index contributed by atoms with van der Waals surface area (Å²) in [5, 5.41) is 5.45. The van der Waals surface area contributed by atoms with Gasteiger partial charge in [-0.05, 0) is 56.7 Å². The van der Waals surface area contributed by atoms with Crippen molar-refractivity contribution in [2.24, 2.45) is 5.18 Å². The molecule has 2 aromatic carbocycles. The minimum absolute atomic E-state index is 0.484. The summed E-state index contributed by atoms with van der Waals surface area (Å²) < 4.78 is 12.6. The van der Waals surface area contributed by atoms with Crippen LogP contribution in [0, 0.1) is 11.8 Å². The van der Waals surface area contributed by atoms with Crippen molar-refractivity contribution >= 4 is 33.2 Å². The van der Waals surface area contributed by atoms with E-state index in [9.17, 15) is 9.70 Å². The van der Waals surface area contributed by atoms with Crippen LogP contribution in [-0.4, -0.2) is 26.4 Å². The Morgan fingerprint density at radius 1 is 1.17 bits per heavy atom. The molecule has 8 nitrogen and oxygen atoms in total. The van der Waals surface area contributed by atoms with Crippen molar-refractivity contribution in [3.05, 3.63) is 91.5 Å². The molecule has 0 unspecified atom stereocenters. The van der Waals surface area contributed by atoms with E-state index in [0.29, 0.717) is 31.3 Å². The van der Waals surface area contributed by atoms with E-state index < -0.39 is 11.5 Å². The van der Waals surface area contributed by atoms with Gasteiger partial charge in [-0.1, -0.05) is 34.1 Å². The number of nitroso groups, excluding NO2 is 1. The Morgan fingerprint density at radius 2 is 1.94 bits per heavy atom. The molecule has 0 fully saturated rings. The lowest BCUT2D eigenvalue weighted by Crippen LogP contribution is -2.36. The van der Waals surface area contributed by atoms with Gasteiger partial charge in [0, 0.05) is 39.9 Å². The number of aromatic nitrogens is 2. The fraction of sp³-hybridized carbons (Fsp3) is 0.269. The number of hydrogen-bond donors (Lipinski definition) is 0. The standard InChI is InChI=1S/C26H25BrN4O4S/c1-17-22(29-24(34-17)19-5-4-6-20(27)13-19)15-31(16-23-28-11-12-36-23)14-18-7-9-21(10-8-18)35-26(2,3)25(32)30-33/h4-13H,14-16H2,1-3H3. The molecule has 4 aromatic rings.